The van der Waals surface area contributed by atoms with Gasteiger partial charge in [0.05, 0.1) is 6.54 Å². The number of rotatable bonds is 0. The molecular formula is C17H18N5O3+. The molecule has 0 saturated carbocycles. The Labute approximate surface area is 142 Å². The van der Waals surface area contributed by atoms with E-state index in [0.717, 1.165) is 17.7 Å². The van der Waals surface area contributed by atoms with Crippen LogP contribution in [0.5, 0.6) is 11.8 Å². The molecule has 0 atom stereocenters. The van der Waals surface area contributed by atoms with E-state index in [-0.39, 0.29) is 11.5 Å². The lowest BCUT2D eigenvalue weighted by molar-refractivity contribution is -0.680. The third-order valence-electron chi connectivity index (χ3n) is 4.02. The van der Waals surface area contributed by atoms with E-state index in [1.54, 1.807) is 0 Å². The number of nitrogen functional groups attached to an aromatic ring is 1. The van der Waals surface area contributed by atoms with Crippen LogP contribution in [-0.4, -0.2) is 28.2 Å². The van der Waals surface area contributed by atoms with Crippen molar-refractivity contribution < 1.29 is 14.0 Å². The van der Waals surface area contributed by atoms with Crippen molar-refractivity contribution in [1.29, 1.82) is 0 Å². The van der Waals surface area contributed by atoms with Crippen molar-refractivity contribution in [3.05, 3.63) is 52.5 Å². The van der Waals surface area contributed by atoms with Gasteiger partial charge in [0.2, 0.25) is 5.82 Å². The second-order valence-electron chi connectivity index (χ2n) is 5.72. The molecule has 1 aromatic carbocycles. The molecule has 2 bridgehead atoms. The lowest BCUT2D eigenvalue weighted by Crippen LogP contribution is -2.39. The molecule has 0 aliphatic carbocycles. The number of benzene rings is 1. The number of H-pyrrole nitrogens is 2. The number of nitrogens with zero attached hydrogens (tertiary/aromatic N) is 2. The Morgan fingerprint density at radius 2 is 2.00 bits per heavy atom. The van der Waals surface area contributed by atoms with Crippen molar-refractivity contribution in [2.45, 2.75) is 13.0 Å². The summed E-state index contributed by atoms with van der Waals surface area (Å²) in [5.41, 5.74) is 7.78. The number of hydrogen-bond acceptors (Lipinski definition) is 5. The van der Waals surface area contributed by atoms with Crippen LogP contribution in [-0.2, 0) is 13.0 Å². The zero-order valence-corrected chi connectivity index (χ0v) is 13.5. The highest BCUT2D eigenvalue weighted by atomic mass is 16.5. The normalized spacial score (nSPS) is 15.8. The van der Waals surface area contributed by atoms with Crippen LogP contribution in [0.15, 0.2) is 41.2 Å². The zero-order valence-electron chi connectivity index (χ0n) is 13.5. The first kappa shape index (κ1) is 15.3. The van der Waals surface area contributed by atoms with Crippen molar-refractivity contribution in [2.75, 3.05) is 18.9 Å². The zero-order chi connectivity index (χ0) is 17.2. The van der Waals surface area contributed by atoms with Gasteiger partial charge in [-0.05, 0) is 34.8 Å². The molecule has 8 heteroatoms. The Hall–Kier alpha value is -3.29. The van der Waals surface area contributed by atoms with E-state index in [9.17, 15) is 4.79 Å². The highest BCUT2D eigenvalue weighted by Crippen LogP contribution is 2.17. The van der Waals surface area contributed by atoms with Gasteiger partial charge in [-0.15, -0.1) is 0 Å². The standard InChI is InChI=1S/C17H17N5O3/c18-14-13-15(21-16(23)19-13)22-7-6-11-4-3-5-12(10-11)24-8-1-2-9-25-17(22)20-14/h1-5,10H,6-9H2,(H3,18,19,21,23)/p+1/b2-1-. The summed E-state index contributed by atoms with van der Waals surface area (Å²) in [4.78, 5) is 21.5. The number of fused-ring (bicyclic) bond motifs is 5. The molecule has 128 valence electrons. The van der Waals surface area contributed by atoms with Crippen molar-refractivity contribution in [1.82, 2.24) is 15.0 Å². The van der Waals surface area contributed by atoms with Crippen LogP contribution in [0.4, 0.5) is 5.82 Å². The summed E-state index contributed by atoms with van der Waals surface area (Å²) in [5, 5.41) is 0. The average molecular weight is 340 g/mol. The molecule has 3 aromatic rings. The summed E-state index contributed by atoms with van der Waals surface area (Å²) in [7, 11) is 0. The minimum absolute atomic E-state index is 0.221. The molecule has 0 spiro atoms. The second kappa shape index (κ2) is 6.31. The van der Waals surface area contributed by atoms with Crippen LogP contribution in [0.1, 0.15) is 5.56 Å². The van der Waals surface area contributed by atoms with Gasteiger partial charge in [0.1, 0.15) is 19.0 Å². The first-order valence-electron chi connectivity index (χ1n) is 8.01. The van der Waals surface area contributed by atoms with Crippen LogP contribution in [0.3, 0.4) is 0 Å². The van der Waals surface area contributed by atoms with Gasteiger partial charge in [-0.2, -0.15) is 4.57 Å². The van der Waals surface area contributed by atoms with Crippen molar-refractivity contribution in [3.63, 3.8) is 0 Å². The van der Waals surface area contributed by atoms with Gasteiger partial charge in [0.15, 0.2) is 5.52 Å². The second-order valence-corrected chi connectivity index (χ2v) is 5.72. The monoisotopic (exact) mass is 340 g/mol. The fraction of sp³-hybridized carbons (Fsp3) is 0.235. The average Bonchev–Trinajstić information content (AvgIpc) is 2.99. The molecule has 4 N–H and O–H groups in total. The van der Waals surface area contributed by atoms with Gasteiger partial charge in [0, 0.05) is 6.42 Å². The maximum atomic E-state index is 11.7. The van der Waals surface area contributed by atoms with Crippen LogP contribution < -0.4 is 25.5 Å². The SMILES string of the molecule is Nc1nc2[n+](c3[nH]c(=O)[nH]c13)CCc1cccc(c1)OC/C=C\CO2. The molecule has 0 fully saturated rings. The van der Waals surface area contributed by atoms with Crippen molar-refractivity contribution in [2.24, 2.45) is 0 Å². The molecule has 0 unspecified atom stereocenters. The highest BCUT2D eigenvalue weighted by molar-refractivity contribution is 5.78. The fourth-order valence-corrected chi connectivity index (χ4v) is 2.83. The molecule has 25 heavy (non-hydrogen) atoms. The first-order chi connectivity index (χ1) is 12.2. The Morgan fingerprint density at radius 3 is 2.88 bits per heavy atom. The third kappa shape index (κ3) is 3.06. The number of nitrogens with one attached hydrogen (secondary N) is 2. The number of aromatic amines is 2. The minimum Gasteiger partial charge on any atom is -0.490 e. The number of aromatic nitrogens is 4. The van der Waals surface area contributed by atoms with E-state index in [2.05, 4.69) is 15.0 Å². The minimum atomic E-state index is -0.331. The van der Waals surface area contributed by atoms with Gasteiger partial charge in [-0.25, -0.2) is 9.78 Å². The van der Waals surface area contributed by atoms with E-state index < -0.39 is 0 Å². The maximum Gasteiger partial charge on any atom is 0.436 e. The number of nitrogens with two attached hydrogens (primary N) is 1. The van der Waals surface area contributed by atoms with Crippen molar-refractivity contribution >= 4 is 17.0 Å². The summed E-state index contributed by atoms with van der Waals surface area (Å²) >= 11 is 0. The Kier molecular flexibility index (Phi) is 3.85. The lowest BCUT2D eigenvalue weighted by Gasteiger charge is -2.08. The molecule has 4 rings (SSSR count). The van der Waals surface area contributed by atoms with E-state index in [4.69, 9.17) is 15.2 Å². The largest absolute Gasteiger partial charge is 0.490 e. The summed E-state index contributed by atoms with van der Waals surface area (Å²) < 4.78 is 13.3. The van der Waals surface area contributed by atoms with Crippen LogP contribution in [0, 0.1) is 0 Å². The molecule has 3 heterocycles. The van der Waals surface area contributed by atoms with Crippen LogP contribution in [0.25, 0.3) is 11.2 Å². The van der Waals surface area contributed by atoms with Crippen LogP contribution >= 0.6 is 0 Å². The molecule has 0 amide bonds. The predicted octanol–water partition coefficient (Wildman–Crippen LogP) is 0.691. The highest BCUT2D eigenvalue weighted by Gasteiger charge is 2.22. The predicted molar refractivity (Wildman–Crippen MR) is 91.6 cm³/mol. The quantitative estimate of drug-likeness (QED) is 0.412. The van der Waals surface area contributed by atoms with Gasteiger partial charge < -0.3 is 15.2 Å². The first-order valence-corrected chi connectivity index (χ1v) is 8.01. The van der Waals surface area contributed by atoms with Gasteiger partial charge >= 0.3 is 11.7 Å². The number of imidazole rings is 1. The topological polar surface area (TPSA) is 110 Å². The maximum absolute atomic E-state index is 11.7. The number of aryl methyl sites for hydroxylation is 2. The summed E-state index contributed by atoms with van der Waals surface area (Å²) in [6, 6.07) is 8.30. The molecular weight excluding hydrogens is 322 g/mol. The number of hydrogen-bond donors (Lipinski definition) is 3. The number of ether oxygens (including phenoxy) is 2. The Bertz CT molecular complexity index is 1010. The summed E-state index contributed by atoms with van der Waals surface area (Å²) in [6.07, 6.45) is 4.46. The smallest absolute Gasteiger partial charge is 0.436 e. The van der Waals surface area contributed by atoms with E-state index >= 15 is 0 Å². The van der Waals surface area contributed by atoms with Gasteiger partial charge in [0.25, 0.3) is 5.65 Å². The van der Waals surface area contributed by atoms with Gasteiger partial charge in [-0.3, -0.25) is 4.98 Å². The molecule has 1 aliphatic rings. The molecule has 1 aliphatic heterocycles. The number of anilines is 1. The molecule has 8 nitrogen and oxygen atoms in total. The lowest BCUT2D eigenvalue weighted by atomic mass is 10.1. The summed E-state index contributed by atoms with van der Waals surface area (Å²) in [5.74, 6) is 1.04. The molecule has 2 aromatic heterocycles. The van der Waals surface area contributed by atoms with Gasteiger partial charge in [-0.1, -0.05) is 12.1 Å². The van der Waals surface area contributed by atoms with Crippen molar-refractivity contribution in [3.8, 4) is 11.8 Å². The summed E-state index contributed by atoms with van der Waals surface area (Å²) in [6.45, 7) is 1.36. The van der Waals surface area contributed by atoms with Crippen LogP contribution in [0.2, 0.25) is 0 Å². The van der Waals surface area contributed by atoms with E-state index in [1.165, 1.54) is 0 Å². The Balaban J connectivity index is 1.81. The van der Waals surface area contributed by atoms with E-state index in [1.807, 2.05) is 41.0 Å². The molecule has 0 saturated heterocycles. The third-order valence-corrected chi connectivity index (χ3v) is 4.02. The van der Waals surface area contributed by atoms with E-state index in [0.29, 0.717) is 36.9 Å². The molecule has 0 radical (unpaired) electrons. The Morgan fingerprint density at radius 1 is 1.16 bits per heavy atom. The fourth-order valence-electron chi connectivity index (χ4n) is 2.83.